The van der Waals surface area contributed by atoms with Crippen LogP contribution in [0.3, 0.4) is 0 Å². The standard InChI is InChI=1S/C19H22ClN3O3/c1-23(11-12-26-15-6-4-5-14(20)13-15)10-9-18(24)22-17-8-3-2-7-16(17)19(21)25/h2-8,13H,9-12H2,1H3,(H2,21,25)(H,22,24). The maximum absolute atomic E-state index is 12.1. The normalized spacial score (nSPS) is 10.6. The molecule has 2 aromatic rings. The van der Waals surface area contributed by atoms with Gasteiger partial charge in [0.1, 0.15) is 12.4 Å². The van der Waals surface area contributed by atoms with E-state index in [0.717, 1.165) is 0 Å². The Kier molecular flexibility index (Phi) is 7.44. The SMILES string of the molecule is CN(CCOc1cccc(Cl)c1)CCC(=O)Nc1ccccc1C(N)=O. The van der Waals surface area contributed by atoms with E-state index in [-0.39, 0.29) is 5.91 Å². The zero-order valence-corrected chi connectivity index (χ0v) is 15.3. The molecular formula is C19H22ClN3O3. The van der Waals surface area contributed by atoms with Crippen LogP contribution < -0.4 is 15.8 Å². The minimum absolute atomic E-state index is 0.179. The fourth-order valence-electron chi connectivity index (χ4n) is 2.30. The van der Waals surface area contributed by atoms with Gasteiger partial charge in [0.15, 0.2) is 0 Å². The van der Waals surface area contributed by atoms with Gasteiger partial charge in [0, 0.05) is 24.5 Å². The van der Waals surface area contributed by atoms with Crippen LogP contribution in [0.25, 0.3) is 0 Å². The van der Waals surface area contributed by atoms with Crippen LogP contribution in [0, 0.1) is 0 Å². The number of hydrogen-bond acceptors (Lipinski definition) is 4. The summed E-state index contributed by atoms with van der Waals surface area (Å²) in [6, 6.07) is 13.9. The summed E-state index contributed by atoms with van der Waals surface area (Å²) in [7, 11) is 1.91. The quantitative estimate of drug-likeness (QED) is 0.705. The highest BCUT2D eigenvalue weighted by atomic mass is 35.5. The number of primary amides is 1. The van der Waals surface area contributed by atoms with Crippen LogP contribution in [0.15, 0.2) is 48.5 Å². The Bertz CT molecular complexity index is 767. The minimum Gasteiger partial charge on any atom is -0.492 e. The fraction of sp³-hybridized carbons (Fsp3) is 0.263. The number of carbonyl (C=O) groups excluding carboxylic acids is 2. The van der Waals surface area contributed by atoms with Crippen molar-refractivity contribution in [2.75, 3.05) is 32.1 Å². The molecule has 0 aliphatic carbocycles. The van der Waals surface area contributed by atoms with Gasteiger partial charge in [-0.3, -0.25) is 9.59 Å². The predicted molar refractivity (Wildman–Crippen MR) is 103 cm³/mol. The van der Waals surface area contributed by atoms with E-state index < -0.39 is 5.91 Å². The van der Waals surface area contributed by atoms with Crippen molar-refractivity contribution in [3.05, 3.63) is 59.1 Å². The van der Waals surface area contributed by atoms with E-state index in [4.69, 9.17) is 22.1 Å². The molecule has 0 spiro atoms. The molecule has 26 heavy (non-hydrogen) atoms. The summed E-state index contributed by atoms with van der Waals surface area (Å²) in [5.41, 5.74) is 6.03. The maximum atomic E-state index is 12.1. The smallest absolute Gasteiger partial charge is 0.250 e. The van der Waals surface area contributed by atoms with E-state index in [2.05, 4.69) is 5.32 Å². The zero-order chi connectivity index (χ0) is 18.9. The second-order valence-corrected chi connectivity index (χ2v) is 6.25. The van der Waals surface area contributed by atoms with Crippen molar-refractivity contribution in [3.63, 3.8) is 0 Å². The minimum atomic E-state index is -0.573. The Morgan fingerprint density at radius 1 is 1.15 bits per heavy atom. The summed E-state index contributed by atoms with van der Waals surface area (Å²) in [6.07, 6.45) is 0.292. The molecule has 2 aromatic carbocycles. The van der Waals surface area contributed by atoms with Gasteiger partial charge in [-0.25, -0.2) is 0 Å². The lowest BCUT2D eigenvalue weighted by molar-refractivity contribution is -0.116. The van der Waals surface area contributed by atoms with E-state index in [1.165, 1.54) is 0 Å². The van der Waals surface area contributed by atoms with Crippen molar-refractivity contribution in [1.29, 1.82) is 0 Å². The molecule has 0 radical (unpaired) electrons. The molecule has 6 nitrogen and oxygen atoms in total. The number of halogens is 1. The molecule has 0 saturated carbocycles. The van der Waals surface area contributed by atoms with Gasteiger partial charge in [-0.2, -0.15) is 0 Å². The molecule has 0 fully saturated rings. The highest BCUT2D eigenvalue weighted by molar-refractivity contribution is 6.30. The number of ether oxygens (including phenoxy) is 1. The monoisotopic (exact) mass is 375 g/mol. The van der Waals surface area contributed by atoms with Crippen molar-refractivity contribution in [3.8, 4) is 5.75 Å². The highest BCUT2D eigenvalue weighted by Crippen LogP contribution is 2.17. The lowest BCUT2D eigenvalue weighted by Gasteiger charge is -2.17. The largest absolute Gasteiger partial charge is 0.492 e. The van der Waals surface area contributed by atoms with E-state index >= 15 is 0 Å². The van der Waals surface area contributed by atoms with E-state index in [1.807, 2.05) is 24.1 Å². The molecule has 0 aliphatic heterocycles. The van der Waals surface area contributed by atoms with Gasteiger partial charge in [0.25, 0.3) is 5.91 Å². The summed E-state index contributed by atoms with van der Waals surface area (Å²) in [6.45, 7) is 1.71. The maximum Gasteiger partial charge on any atom is 0.250 e. The molecular weight excluding hydrogens is 354 g/mol. The van der Waals surface area contributed by atoms with Crippen molar-refractivity contribution >= 4 is 29.1 Å². The molecule has 138 valence electrons. The highest BCUT2D eigenvalue weighted by Gasteiger charge is 2.11. The zero-order valence-electron chi connectivity index (χ0n) is 14.6. The van der Waals surface area contributed by atoms with Gasteiger partial charge in [-0.05, 0) is 37.4 Å². The number of benzene rings is 2. The summed E-state index contributed by atoms with van der Waals surface area (Å²) in [5, 5.41) is 3.35. The van der Waals surface area contributed by atoms with Crippen LogP contribution in [0.5, 0.6) is 5.75 Å². The second kappa shape index (κ2) is 9.79. The number of hydrogen-bond donors (Lipinski definition) is 2. The fourth-order valence-corrected chi connectivity index (χ4v) is 2.48. The first-order valence-corrected chi connectivity index (χ1v) is 8.59. The molecule has 2 rings (SSSR count). The first-order valence-electron chi connectivity index (χ1n) is 8.21. The Labute approximate surface area is 157 Å². The first-order chi connectivity index (χ1) is 12.5. The third kappa shape index (κ3) is 6.38. The summed E-state index contributed by atoms with van der Waals surface area (Å²) >= 11 is 5.90. The average Bonchev–Trinajstić information content (AvgIpc) is 2.60. The van der Waals surface area contributed by atoms with E-state index in [0.29, 0.717) is 48.1 Å². The van der Waals surface area contributed by atoms with Crippen molar-refractivity contribution in [2.24, 2.45) is 5.73 Å². The van der Waals surface area contributed by atoms with Gasteiger partial charge in [0.05, 0.1) is 11.3 Å². The van der Waals surface area contributed by atoms with Crippen LogP contribution in [-0.4, -0.2) is 43.5 Å². The molecule has 0 aliphatic rings. The number of para-hydroxylation sites is 1. The second-order valence-electron chi connectivity index (χ2n) is 5.82. The van der Waals surface area contributed by atoms with Crippen LogP contribution >= 0.6 is 11.6 Å². The summed E-state index contributed by atoms with van der Waals surface area (Å²) < 4.78 is 5.62. The Hall–Kier alpha value is -2.57. The van der Waals surface area contributed by atoms with Crippen LogP contribution in [0.4, 0.5) is 5.69 Å². The van der Waals surface area contributed by atoms with Crippen LogP contribution in [0.1, 0.15) is 16.8 Å². The first kappa shape index (κ1) is 19.8. The van der Waals surface area contributed by atoms with Gasteiger partial charge in [-0.1, -0.05) is 29.8 Å². The van der Waals surface area contributed by atoms with Crippen LogP contribution in [-0.2, 0) is 4.79 Å². The average molecular weight is 376 g/mol. The molecule has 0 aromatic heterocycles. The molecule has 0 bridgehead atoms. The molecule has 3 N–H and O–H groups in total. The number of nitrogens with one attached hydrogen (secondary N) is 1. The molecule has 0 atom stereocenters. The molecule has 0 unspecified atom stereocenters. The Morgan fingerprint density at radius 2 is 1.92 bits per heavy atom. The van der Waals surface area contributed by atoms with E-state index in [1.54, 1.807) is 36.4 Å². The summed E-state index contributed by atoms with van der Waals surface area (Å²) in [5.74, 6) is -0.0378. The number of likely N-dealkylation sites (N-methyl/N-ethyl adjacent to an activating group) is 1. The summed E-state index contributed by atoms with van der Waals surface area (Å²) in [4.78, 5) is 25.4. The van der Waals surface area contributed by atoms with Gasteiger partial charge < -0.3 is 20.7 Å². The van der Waals surface area contributed by atoms with E-state index in [9.17, 15) is 9.59 Å². The van der Waals surface area contributed by atoms with Crippen LogP contribution in [0.2, 0.25) is 5.02 Å². The lowest BCUT2D eigenvalue weighted by atomic mass is 10.1. The number of carbonyl (C=O) groups is 2. The molecule has 0 saturated heterocycles. The van der Waals surface area contributed by atoms with Crippen molar-refractivity contribution in [1.82, 2.24) is 4.90 Å². The third-order valence-corrected chi connectivity index (χ3v) is 3.96. The number of nitrogens with two attached hydrogens (primary N) is 1. The third-order valence-electron chi connectivity index (χ3n) is 3.73. The number of rotatable bonds is 9. The predicted octanol–water partition coefficient (Wildman–Crippen LogP) is 2.78. The lowest BCUT2D eigenvalue weighted by Crippen LogP contribution is -2.28. The molecule has 7 heteroatoms. The topological polar surface area (TPSA) is 84.7 Å². The Balaban J connectivity index is 1.72. The number of amides is 2. The van der Waals surface area contributed by atoms with Gasteiger partial charge >= 0.3 is 0 Å². The van der Waals surface area contributed by atoms with Gasteiger partial charge in [-0.15, -0.1) is 0 Å². The van der Waals surface area contributed by atoms with Crippen molar-refractivity contribution < 1.29 is 14.3 Å². The van der Waals surface area contributed by atoms with Crippen molar-refractivity contribution in [2.45, 2.75) is 6.42 Å². The number of anilines is 1. The number of nitrogens with zero attached hydrogens (tertiary/aromatic N) is 1. The molecule has 0 heterocycles. The van der Waals surface area contributed by atoms with Gasteiger partial charge in [0.2, 0.25) is 5.91 Å². The molecule has 2 amide bonds. The Morgan fingerprint density at radius 3 is 2.65 bits per heavy atom.